The first-order valence-corrected chi connectivity index (χ1v) is 7.19. The van der Waals surface area contributed by atoms with Crippen molar-refractivity contribution in [2.24, 2.45) is 0 Å². The molecule has 1 aromatic rings. The molecule has 110 valence electrons. The second-order valence-corrected chi connectivity index (χ2v) is 6.37. The smallest absolute Gasteiger partial charge is 0.410 e. The number of nitrogens with two attached hydrogens (primary N) is 1. The lowest BCUT2D eigenvalue weighted by Crippen LogP contribution is -2.41. The van der Waals surface area contributed by atoms with E-state index in [0.29, 0.717) is 5.92 Å². The summed E-state index contributed by atoms with van der Waals surface area (Å²) < 4.78 is 5.40. The quantitative estimate of drug-likeness (QED) is 0.800. The first-order chi connectivity index (χ1) is 9.37. The molecule has 4 nitrogen and oxygen atoms in total. The van der Waals surface area contributed by atoms with Crippen molar-refractivity contribution in [3.63, 3.8) is 0 Å². The van der Waals surface area contributed by atoms with Crippen LogP contribution >= 0.6 is 0 Å². The lowest BCUT2D eigenvalue weighted by atomic mass is 9.88. The molecule has 1 saturated heterocycles. The lowest BCUT2D eigenvalue weighted by Gasteiger charge is -2.34. The summed E-state index contributed by atoms with van der Waals surface area (Å²) in [4.78, 5) is 13.8. The zero-order valence-corrected chi connectivity index (χ0v) is 12.6. The number of ether oxygens (including phenoxy) is 1. The van der Waals surface area contributed by atoms with Crippen LogP contribution in [0.25, 0.3) is 0 Å². The van der Waals surface area contributed by atoms with E-state index in [4.69, 9.17) is 10.5 Å². The molecule has 2 N–H and O–H groups in total. The van der Waals surface area contributed by atoms with Gasteiger partial charge in [-0.15, -0.1) is 0 Å². The number of carbonyl (C=O) groups is 1. The van der Waals surface area contributed by atoms with Crippen molar-refractivity contribution in [1.82, 2.24) is 4.90 Å². The molecular formula is C16H24N2O2. The zero-order chi connectivity index (χ0) is 14.8. The van der Waals surface area contributed by atoms with E-state index in [-0.39, 0.29) is 6.09 Å². The third kappa shape index (κ3) is 3.65. The topological polar surface area (TPSA) is 55.6 Å². The van der Waals surface area contributed by atoms with Crippen molar-refractivity contribution in [2.45, 2.75) is 45.1 Å². The van der Waals surface area contributed by atoms with Crippen LogP contribution in [0.5, 0.6) is 0 Å². The van der Waals surface area contributed by atoms with Gasteiger partial charge in [0.05, 0.1) is 0 Å². The van der Waals surface area contributed by atoms with Gasteiger partial charge in [-0.1, -0.05) is 18.2 Å². The number of anilines is 1. The number of amides is 1. The Hall–Kier alpha value is -1.71. The Kier molecular flexibility index (Phi) is 4.21. The van der Waals surface area contributed by atoms with Crippen molar-refractivity contribution in [3.05, 3.63) is 29.8 Å². The number of para-hydroxylation sites is 1. The van der Waals surface area contributed by atoms with Crippen LogP contribution < -0.4 is 5.73 Å². The highest BCUT2D eigenvalue weighted by atomic mass is 16.6. The molecule has 0 unspecified atom stereocenters. The van der Waals surface area contributed by atoms with E-state index in [1.165, 1.54) is 5.56 Å². The number of hydrogen-bond donors (Lipinski definition) is 1. The number of benzene rings is 1. The SMILES string of the molecule is CC(C)(C)OC(=O)N1CCC(c2ccccc2N)CC1. The van der Waals surface area contributed by atoms with Gasteiger partial charge in [0.2, 0.25) is 0 Å². The number of carbonyl (C=O) groups excluding carboxylic acids is 1. The molecule has 1 amide bonds. The van der Waals surface area contributed by atoms with E-state index < -0.39 is 5.60 Å². The summed E-state index contributed by atoms with van der Waals surface area (Å²) in [5.41, 5.74) is 7.65. The molecule has 1 fully saturated rings. The fourth-order valence-electron chi connectivity index (χ4n) is 2.58. The molecule has 0 atom stereocenters. The Morgan fingerprint density at radius 1 is 1.25 bits per heavy atom. The van der Waals surface area contributed by atoms with E-state index in [1.54, 1.807) is 4.90 Å². The Balaban J connectivity index is 1.93. The number of hydrogen-bond acceptors (Lipinski definition) is 3. The van der Waals surface area contributed by atoms with Gasteiger partial charge in [0, 0.05) is 18.8 Å². The van der Waals surface area contributed by atoms with Gasteiger partial charge in [0.15, 0.2) is 0 Å². The molecule has 1 heterocycles. The molecule has 0 spiro atoms. The van der Waals surface area contributed by atoms with E-state index in [9.17, 15) is 4.79 Å². The lowest BCUT2D eigenvalue weighted by molar-refractivity contribution is 0.0205. The molecule has 4 heteroatoms. The van der Waals surface area contributed by atoms with Crippen LogP contribution in [0, 0.1) is 0 Å². The molecule has 0 radical (unpaired) electrons. The number of piperidine rings is 1. The maximum atomic E-state index is 12.0. The molecule has 0 bridgehead atoms. The predicted octanol–water partition coefficient (Wildman–Crippen LogP) is 3.38. The van der Waals surface area contributed by atoms with Gasteiger partial charge < -0.3 is 15.4 Å². The van der Waals surface area contributed by atoms with Crippen LogP contribution in [-0.2, 0) is 4.74 Å². The molecule has 0 saturated carbocycles. The summed E-state index contributed by atoms with van der Waals surface area (Å²) in [7, 11) is 0. The minimum Gasteiger partial charge on any atom is -0.444 e. The highest BCUT2D eigenvalue weighted by Gasteiger charge is 2.27. The predicted molar refractivity (Wildman–Crippen MR) is 80.6 cm³/mol. The average molecular weight is 276 g/mol. The largest absolute Gasteiger partial charge is 0.444 e. The van der Waals surface area contributed by atoms with Crippen LogP contribution in [0.1, 0.15) is 45.1 Å². The number of likely N-dealkylation sites (tertiary alicyclic amines) is 1. The van der Waals surface area contributed by atoms with Crippen LogP contribution in [0.2, 0.25) is 0 Å². The summed E-state index contributed by atoms with van der Waals surface area (Å²) in [6.07, 6.45) is 1.66. The Labute approximate surface area is 120 Å². The van der Waals surface area contributed by atoms with Gasteiger partial charge in [-0.05, 0) is 51.2 Å². The normalized spacial score (nSPS) is 17.1. The Morgan fingerprint density at radius 3 is 2.40 bits per heavy atom. The third-order valence-electron chi connectivity index (χ3n) is 3.58. The molecule has 2 rings (SSSR count). The van der Waals surface area contributed by atoms with Crippen molar-refractivity contribution in [1.29, 1.82) is 0 Å². The second kappa shape index (κ2) is 5.73. The van der Waals surface area contributed by atoms with Gasteiger partial charge >= 0.3 is 6.09 Å². The molecule has 0 aromatic heterocycles. The molecule has 1 aromatic carbocycles. The second-order valence-electron chi connectivity index (χ2n) is 6.37. The van der Waals surface area contributed by atoms with Crippen molar-refractivity contribution in [3.8, 4) is 0 Å². The monoisotopic (exact) mass is 276 g/mol. The van der Waals surface area contributed by atoms with Crippen LogP contribution in [-0.4, -0.2) is 29.7 Å². The van der Waals surface area contributed by atoms with E-state index in [2.05, 4.69) is 6.07 Å². The van der Waals surface area contributed by atoms with E-state index in [0.717, 1.165) is 31.6 Å². The van der Waals surface area contributed by atoms with Gasteiger partial charge in [0.1, 0.15) is 5.60 Å². The summed E-state index contributed by atoms with van der Waals surface area (Å²) in [5, 5.41) is 0. The number of nitrogen functional groups attached to an aromatic ring is 1. The summed E-state index contributed by atoms with van der Waals surface area (Å²) in [5.74, 6) is 0.440. The van der Waals surface area contributed by atoms with Gasteiger partial charge in [0.25, 0.3) is 0 Å². The van der Waals surface area contributed by atoms with Gasteiger partial charge in [-0.2, -0.15) is 0 Å². The Bertz CT molecular complexity index is 472. The maximum Gasteiger partial charge on any atom is 0.410 e. The summed E-state index contributed by atoms with van der Waals surface area (Å²) in [6.45, 7) is 7.13. The van der Waals surface area contributed by atoms with Crippen LogP contribution in [0.4, 0.5) is 10.5 Å². The maximum absolute atomic E-state index is 12.0. The standard InChI is InChI=1S/C16H24N2O2/c1-16(2,3)20-15(19)18-10-8-12(9-11-18)13-6-4-5-7-14(13)17/h4-7,12H,8-11,17H2,1-3H3. The fourth-order valence-corrected chi connectivity index (χ4v) is 2.58. The fraction of sp³-hybridized carbons (Fsp3) is 0.562. The first-order valence-electron chi connectivity index (χ1n) is 7.19. The number of nitrogens with zero attached hydrogens (tertiary/aromatic N) is 1. The molecule has 1 aliphatic rings. The van der Waals surface area contributed by atoms with E-state index >= 15 is 0 Å². The van der Waals surface area contributed by atoms with Gasteiger partial charge in [-0.25, -0.2) is 4.79 Å². The highest BCUT2D eigenvalue weighted by Crippen LogP contribution is 2.31. The van der Waals surface area contributed by atoms with Crippen molar-refractivity contribution < 1.29 is 9.53 Å². The number of rotatable bonds is 1. The van der Waals surface area contributed by atoms with Crippen LogP contribution in [0.3, 0.4) is 0 Å². The molecule has 20 heavy (non-hydrogen) atoms. The minimum atomic E-state index is -0.433. The zero-order valence-electron chi connectivity index (χ0n) is 12.6. The third-order valence-corrected chi connectivity index (χ3v) is 3.58. The Morgan fingerprint density at radius 2 is 1.85 bits per heavy atom. The van der Waals surface area contributed by atoms with Crippen LogP contribution in [0.15, 0.2) is 24.3 Å². The molecule has 1 aliphatic heterocycles. The first kappa shape index (κ1) is 14.7. The highest BCUT2D eigenvalue weighted by molar-refractivity contribution is 5.68. The van der Waals surface area contributed by atoms with Crippen molar-refractivity contribution >= 4 is 11.8 Å². The minimum absolute atomic E-state index is 0.211. The van der Waals surface area contributed by atoms with Gasteiger partial charge in [-0.3, -0.25) is 0 Å². The molecule has 0 aliphatic carbocycles. The average Bonchev–Trinajstić information content (AvgIpc) is 2.37. The van der Waals surface area contributed by atoms with E-state index in [1.807, 2.05) is 39.0 Å². The molecular weight excluding hydrogens is 252 g/mol. The van der Waals surface area contributed by atoms with Crippen molar-refractivity contribution in [2.75, 3.05) is 18.8 Å². The summed E-state index contributed by atoms with van der Waals surface area (Å²) >= 11 is 0. The summed E-state index contributed by atoms with van der Waals surface area (Å²) in [6, 6.07) is 8.00.